The smallest absolute Gasteiger partial charge is 0.234 e. The van der Waals surface area contributed by atoms with E-state index in [0.717, 1.165) is 16.3 Å². The second kappa shape index (κ2) is 6.67. The van der Waals surface area contributed by atoms with E-state index in [9.17, 15) is 4.79 Å². The molecular formula is C14H19N3O2S. The highest BCUT2D eigenvalue weighted by Crippen LogP contribution is 2.25. The van der Waals surface area contributed by atoms with Crippen molar-refractivity contribution in [2.75, 3.05) is 13.6 Å². The molecule has 1 amide bonds. The number of aromatic nitrogens is 1. The highest BCUT2D eigenvalue weighted by Gasteiger charge is 2.12. The first kappa shape index (κ1) is 14.7. The molecule has 0 aromatic carbocycles. The van der Waals surface area contributed by atoms with Gasteiger partial charge in [-0.1, -0.05) is 11.2 Å². The van der Waals surface area contributed by atoms with Crippen LogP contribution in [0.1, 0.15) is 19.5 Å². The van der Waals surface area contributed by atoms with Gasteiger partial charge < -0.3 is 9.84 Å². The molecule has 0 aliphatic heterocycles. The quantitative estimate of drug-likeness (QED) is 0.888. The normalized spacial score (nSPS) is 11.2. The predicted molar refractivity (Wildman–Crippen MR) is 79.4 cm³/mol. The lowest BCUT2D eigenvalue weighted by atomic mass is 10.3. The summed E-state index contributed by atoms with van der Waals surface area (Å²) in [4.78, 5) is 14.6. The summed E-state index contributed by atoms with van der Waals surface area (Å²) in [6.07, 6.45) is 0. The molecule has 0 aliphatic carbocycles. The van der Waals surface area contributed by atoms with Crippen molar-refractivity contribution in [3.63, 3.8) is 0 Å². The Bertz CT molecular complexity index is 549. The molecule has 0 bridgehead atoms. The summed E-state index contributed by atoms with van der Waals surface area (Å²) in [5.41, 5.74) is 0.827. The van der Waals surface area contributed by atoms with Gasteiger partial charge in [-0.3, -0.25) is 9.69 Å². The Morgan fingerprint density at radius 1 is 1.55 bits per heavy atom. The van der Waals surface area contributed by atoms with Gasteiger partial charge in [-0.25, -0.2) is 0 Å². The zero-order valence-electron chi connectivity index (χ0n) is 11.9. The van der Waals surface area contributed by atoms with E-state index in [0.29, 0.717) is 13.1 Å². The van der Waals surface area contributed by atoms with Crippen LogP contribution in [0.5, 0.6) is 0 Å². The number of nitrogens with one attached hydrogen (secondary N) is 1. The molecule has 20 heavy (non-hydrogen) atoms. The number of rotatable bonds is 6. The van der Waals surface area contributed by atoms with E-state index in [2.05, 4.69) is 10.5 Å². The monoisotopic (exact) mass is 293 g/mol. The number of hydrogen-bond acceptors (Lipinski definition) is 5. The summed E-state index contributed by atoms with van der Waals surface area (Å²) in [6.45, 7) is 4.82. The fourth-order valence-corrected chi connectivity index (χ4v) is 2.54. The van der Waals surface area contributed by atoms with Gasteiger partial charge in [0, 0.05) is 18.7 Å². The molecule has 0 aliphatic rings. The number of nitrogens with zero attached hydrogens (tertiary/aromatic N) is 2. The third kappa shape index (κ3) is 4.18. The zero-order valence-corrected chi connectivity index (χ0v) is 12.7. The minimum Gasteiger partial charge on any atom is -0.355 e. The number of likely N-dealkylation sites (N-methyl/N-ethyl adjacent to an activating group) is 1. The van der Waals surface area contributed by atoms with E-state index < -0.39 is 0 Å². The topological polar surface area (TPSA) is 58.4 Å². The lowest BCUT2D eigenvalue weighted by Crippen LogP contribution is -2.38. The third-order valence-electron chi connectivity index (χ3n) is 2.62. The molecule has 0 saturated carbocycles. The minimum atomic E-state index is 0.0180. The van der Waals surface area contributed by atoms with Gasteiger partial charge in [0.1, 0.15) is 0 Å². The summed E-state index contributed by atoms with van der Waals surface area (Å²) < 4.78 is 5.31. The van der Waals surface area contributed by atoms with Crippen LogP contribution in [0.4, 0.5) is 0 Å². The zero-order chi connectivity index (χ0) is 14.5. The van der Waals surface area contributed by atoms with Gasteiger partial charge in [0.05, 0.1) is 17.1 Å². The van der Waals surface area contributed by atoms with E-state index in [-0.39, 0.29) is 11.9 Å². The molecule has 2 aromatic rings. The van der Waals surface area contributed by atoms with Crippen molar-refractivity contribution in [3.8, 4) is 10.6 Å². The SMILES string of the molecule is CC(C)NC(=O)CN(C)Cc1cc(-c2cccs2)on1. The molecule has 0 unspecified atom stereocenters. The van der Waals surface area contributed by atoms with Crippen LogP contribution in [0.15, 0.2) is 28.1 Å². The fraction of sp³-hybridized carbons (Fsp3) is 0.429. The molecule has 108 valence electrons. The lowest BCUT2D eigenvalue weighted by Gasteiger charge is -2.15. The molecule has 0 atom stereocenters. The maximum absolute atomic E-state index is 11.7. The molecule has 1 N–H and O–H groups in total. The van der Waals surface area contributed by atoms with Gasteiger partial charge in [-0.15, -0.1) is 11.3 Å². The maximum atomic E-state index is 11.7. The molecule has 0 saturated heterocycles. The van der Waals surface area contributed by atoms with Crippen molar-refractivity contribution in [1.82, 2.24) is 15.4 Å². The van der Waals surface area contributed by atoms with E-state index >= 15 is 0 Å². The van der Waals surface area contributed by atoms with E-state index in [1.54, 1.807) is 11.3 Å². The number of hydrogen-bond donors (Lipinski definition) is 1. The minimum absolute atomic E-state index is 0.0180. The van der Waals surface area contributed by atoms with Crippen LogP contribution in [0.2, 0.25) is 0 Å². The van der Waals surface area contributed by atoms with Crippen LogP contribution < -0.4 is 5.32 Å². The number of amides is 1. The second-order valence-corrected chi connectivity index (χ2v) is 6.00. The van der Waals surface area contributed by atoms with Gasteiger partial charge in [-0.2, -0.15) is 0 Å². The van der Waals surface area contributed by atoms with Crippen LogP contribution in [-0.4, -0.2) is 35.6 Å². The number of carbonyl (C=O) groups excluding carboxylic acids is 1. The van der Waals surface area contributed by atoms with Gasteiger partial charge in [0.2, 0.25) is 5.91 Å². The molecule has 2 rings (SSSR count). The first-order chi connectivity index (χ1) is 9.54. The Hall–Kier alpha value is -1.66. The first-order valence-corrected chi connectivity index (χ1v) is 7.40. The van der Waals surface area contributed by atoms with Crippen molar-refractivity contribution in [1.29, 1.82) is 0 Å². The van der Waals surface area contributed by atoms with Crippen molar-refractivity contribution in [3.05, 3.63) is 29.3 Å². The van der Waals surface area contributed by atoms with Crippen LogP contribution >= 0.6 is 11.3 Å². The molecule has 5 nitrogen and oxygen atoms in total. The van der Waals surface area contributed by atoms with Gasteiger partial charge in [0.25, 0.3) is 0 Å². The van der Waals surface area contributed by atoms with Gasteiger partial charge in [-0.05, 0) is 32.3 Å². The highest BCUT2D eigenvalue weighted by atomic mass is 32.1. The Balaban J connectivity index is 1.89. The molecule has 0 spiro atoms. The molecule has 0 radical (unpaired) electrons. The van der Waals surface area contributed by atoms with E-state index in [1.165, 1.54) is 0 Å². The van der Waals surface area contributed by atoms with E-state index in [4.69, 9.17) is 4.52 Å². The summed E-state index contributed by atoms with van der Waals surface area (Å²) in [7, 11) is 1.89. The van der Waals surface area contributed by atoms with Crippen LogP contribution in [-0.2, 0) is 11.3 Å². The third-order valence-corrected chi connectivity index (χ3v) is 3.50. The molecule has 2 heterocycles. The molecular weight excluding hydrogens is 274 g/mol. The van der Waals surface area contributed by atoms with Crippen LogP contribution in [0.3, 0.4) is 0 Å². The Morgan fingerprint density at radius 3 is 3.00 bits per heavy atom. The van der Waals surface area contributed by atoms with Crippen molar-refractivity contribution >= 4 is 17.2 Å². The Labute approximate surface area is 122 Å². The summed E-state index contributed by atoms with van der Waals surface area (Å²) >= 11 is 1.61. The van der Waals surface area contributed by atoms with E-state index in [1.807, 2.05) is 49.4 Å². The average molecular weight is 293 g/mol. The summed E-state index contributed by atoms with van der Waals surface area (Å²) in [6, 6.07) is 6.05. The number of carbonyl (C=O) groups is 1. The average Bonchev–Trinajstić information content (AvgIpc) is 2.96. The molecule has 2 aromatic heterocycles. The molecule has 6 heteroatoms. The second-order valence-electron chi connectivity index (χ2n) is 5.05. The Kier molecular flexibility index (Phi) is 4.92. The lowest BCUT2D eigenvalue weighted by molar-refractivity contribution is -0.122. The van der Waals surface area contributed by atoms with Crippen molar-refractivity contribution < 1.29 is 9.32 Å². The van der Waals surface area contributed by atoms with Crippen LogP contribution in [0, 0.1) is 0 Å². The first-order valence-electron chi connectivity index (χ1n) is 6.52. The summed E-state index contributed by atoms with van der Waals surface area (Å²) in [5, 5.41) is 8.90. The van der Waals surface area contributed by atoms with Crippen LogP contribution in [0.25, 0.3) is 10.6 Å². The standard InChI is InChI=1S/C14H19N3O2S/c1-10(2)15-14(18)9-17(3)8-11-7-12(19-16-11)13-5-4-6-20-13/h4-7,10H,8-9H2,1-3H3,(H,15,18). The largest absolute Gasteiger partial charge is 0.355 e. The maximum Gasteiger partial charge on any atom is 0.234 e. The van der Waals surface area contributed by atoms with Crippen molar-refractivity contribution in [2.24, 2.45) is 0 Å². The molecule has 0 fully saturated rings. The number of thiophene rings is 1. The fourth-order valence-electron chi connectivity index (χ4n) is 1.87. The Morgan fingerprint density at radius 2 is 2.35 bits per heavy atom. The predicted octanol–water partition coefficient (Wildman–Crippen LogP) is 2.36. The van der Waals surface area contributed by atoms with Crippen molar-refractivity contribution in [2.45, 2.75) is 26.4 Å². The highest BCUT2D eigenvalue weighted by molar-refractivity contribution is 7.13. The van der Waals surface area contributed by atoms with Gasteiger partial charge in [0.15, 0.2) is 5.76 Å². The van der Waals surface area contributed by atoms with Gasteiger partial charge >= 0.3 is 0 Å². The summed E-state index contributed by atoms with van der Waals surface area (Å²) in [5.74, 6) is 0.791.